The number of fused-ring (bicyclic) bond motifs is 2. The van der Waals surface area contributed by atoms with Crippen LogP contribution in [-0.4, -0.2) is 25.6 Å². The normalized spacial score (nSPS) is 15.6. The molecule has 2 atom stereocenters. The van der Waals surface area contributed by atoms with Crippen molar-refractivity contribution in [1.29, 1.82) is 0 Å². The number of hydrogen-bond donors (Lipinski definition) is 2. The number of aromatic nitrogens is 3. The fourth-order valence-corrected chi connectivity index (χ4v) is 5.15. The van der Waals surface area contributed by atoms with Crippen molar-refractivity contribution in [1.82, 2.24) is 14.5 Å². The fraction of sp³-hybridized carbons (Fsp3) is 0.259. The van der Waals surface area contributed by atoms with Crippen LogP contribution in [-0.2, 0) is 13.6 Å². The molecule has 0 bridgehead atoms. The van der Waals surface area contributed by atoms with Gasteiger partial charge < -0.3 is 15.3 Å². The molecule has 2 aromatic carbocycles. The Hall–Kier alpha value is -3.98. The molecule has 3 heterocycles. The Morgan fingerprint density at radius 3 is 2.70 bits per heavy atom. The predicted molar refractivity (Wildman–Crippen MR) is 141 cm³/mol. The molecule has 37 heavy (non-hydrogen) atoms. The van der Waals surface area contributed by atoms with E-state index in [2.05, 4.69) is 10.3 Å². The molecule has 2 aromatic heterocycles. The van der Waals surface area contributed by atoms with E-state index in [0.29, 0.717) is 29.1 Å². The number of carboxylic acids is 1. The molecular weight excluding hydrogens is 497 g/mol. The molecule has 0 amide bonds. The van der Waals surface area contributed by atoms with Gasteiger partial charge in [0.1, 0.15) is 11.0 Å². The Morgan fingerprint density at radius 2 is 1.97 bits per heavy atom. The molecule has 0 spiro atoms. The van der Waals surface area contributed by atoms with E-state index in [-0.39, 0.29) is 28.3 Å². The maximum atomic E-state index is 13.9. The topological polar surface area (TPSA) is 100 Å². The lowest BCUT2D eigenvalue weighted by atomic mass is 10.0. The second-order valence-electron chi connectivity index (χ2n) is 9.37. The number of aromatic carboxylic acids is 1. The fourth-order valence-electron chi connectivity index (χ4n) is 5.01. The quantitative estimate of drug-likeness (QED) is 0.340. The molecule has 10 heteroatoms. The third-order valence-electron chi connectivity index (χ3n) is 6.85. The van der Waals surface area contributed by atoms with Crippen molar-refractivity contribution in [3.05, 3.63) is 91.7 Å². The van der Waals surface area contributed by atoms with Gasteiger partial charge in [0.15, 0.2) is 5.69 Å². The van der Waals surface area contributed by atoms with Crippen molar-refractivity contribution >= 4 is 40.1 Å². The molecule has 0 aliphatic carbocycles. The van der Waals surface area contributed by atoms with Crippen LogP contribution in [0.5, 0.6) is 0 Å². The summed E-state index contributed by atoms with van der Waals surface area (Å²) in [5.41, 5.74) is 3.86. The number of hydrogen-bond acceptors (Lipinski definition) is 6. The lowest BCUT2D eigenvalue weighted by Gasteiger charge is -2.26. The van der Waals surface area contributed by atoms with Gasteiger partial charge in [0.05, 0.1) is 28.7 Å². The maximum Gasteiger partial charge on any atom is 0.356 e. The molecule has 0 saturated heterocycles. The molecule has 0 saturated carbocycles. The molecule has 1 aliphatic heterocycles. The largest absolute Gasteiger partial charge is 0.476 e. The monoisotopic (exact) mass is 521 g/mol. The van der Waals surface area contributed by atoms with E-state index in [1.54, 1.807) is 25.2 Å². The molecule has 0 radical (unpaired) electrons. The first-order chi connectivity index (χ1) is 17.5. The number of rotatable bonds is 5. The van der Waals surface area contributed by atoms with Crippen LogP contribution in [0.2, 0.25) is 5.15 Å². The van der Waals surface area contributed by atoms with Crippen LogP contribution in [0.25, 0.3) is 10.9 Å². The van der Waals surface area contributed by atoms with Gasteiger partial charge in [-0.25, -0.2) is 19.2 Å². The van der Waals surface area contributed by atoms with Gasteiger partial charge >= 0.3 is 5.97 Å². The van der Waals surface area contributed by atoms with Gasteiger partial charge in [-0.15, -0.1) is 0 Å². The van der Waals surface area contributed by atoms with Crippen molar-refractivity contribution in [3.8, 4) is 0 Å². The Kier molecular flexibility index (Phi) is 6.11. The van der Waals surface area contributed by atoms with Gasteiger partial charge in [-0.3, -0.25) is 9.36 Å². The molecular formula is C27H25ClFN5O3. The van der Waals surface area contributed by atoms with Gasteiger partial charge in [-0.2, -0.15) is 0 Å². The average Bonchev–Trinajstić information content (AvgIpc) is 3.17. The standard InChI is InChI=1S/C27H25ClFN5O3/c1-13-9-19(14(2)30-21-7-8-22(28)31-24(21)26(36)37)23-20(10-13)25(35)33(4)27(32-23)34-12-16-11-17(29)5-6-18(16)15(34)3/h5-11,14-15,30H,12H2,1-4H3,(H,36,37)/t14-,15+/m1/s1. The van der Waals surface area contributed by atoms with E-state index in [1.807, 2.05) is 31.7 Å². The van der Waals surface area contributed by atoms with Crippen molar-refractivity contribution < 1.29 is 14.3 Å². The molecule has 0 unspecified atom stereocenters. The summed E-state index contributed by atoms with van der Waals surface area (Å²) in [6, 6.07) is 11.0. The SMILES string of the molecule is Cc1cc([C@@H](C)Nc2ccc(Cl)nc2C(=O)O)c2nc(N3Cc4cc(F)ccc4[C@@H]3C)n(C)c(=O)c2c1. The predicted octanol–water partition coefficient (Wildman–Crippen LogP) is 5.38. The molecule has 1 aliphatic rings. The smallest absolute Gasteiger partial charge is 0.356 e. The summed E-state index contributed by atoms with van der Waals surface area (Å²) in [5, 5.41) is 13.3. The van der Waals surface area contributed by atoms with Crippen molar-refractivity contribution in [2.45, 2.75) is 39.4 Å². The Bertz CT molecular complexity index is 1640. The highest BCUT2D eigenvalue weighted by atomic mass is 35.5. The Balaban J connectivity index is 1.62. The van der Waals surface area contributed by atoms with Gasteiger partial charge in [-0.05, 0) is 67.8 Å². The summed E-state index contributed by atoms with van der Waals surface area (Å²) < 4.78 is 15.4. The van der Waals surface area contributed by atoms with Crippen molar-refractivity contribution in [2.75, 3.05) is 10.2 Å². The van der Waals surface area contributed by atoms with E-state index in [9.17, 15) is 19.1 Å². The molecule has 0 fully saturated rings. The van der Waals surface area contributed by atoms with Gasteiger partial charge in [0.2, 0.25) is 5.95 Å². The zero-order valence-corrected chi connectivity index (χ0v) is 21.5. The third kappa shape index (κ3) is 4.29. The number of nitrogens with zero attached hydrogens (tertiary/aromatic N) is 4. The van der Waals surface area contributed by atoms with Crippen LogP contribution in [0.3, 0.4) is 0 Å². The van der Waals surface area contributed by atoms with E-state index in [0.717, 1.165) is 22.3 Å². The van der Waals surface area contributed by atoms with E-state index < -0.39 is 12.0 Å². The van der Waals surface area contributed by atoms with E-state index in [1.165, 1.54) is 22.8 Å². The van der Waals surface area contributed by atoms with Crippen LogP contribution in [0.15, 0.2) is 47.3 Å². The number of aryl methyl sites for hydroxylation is 1. The highest BCUT2D eigenvalue weighted by molar-refractivity contribution is 6.29. The van der Waals surface area contributed by atoms with Crippen molar-refractivity contribution in [2.24, 2.45) is 7.05 Å². The average molecular weight is 522 g/mol. The highest BCUT2D eigenvalue weighted by Crippen LogP contribution is 2.37. The number of anilines is 2. The summed E-state index contributed by atoms with van der Waals surface area (Å²) >= 11 is 5.90. The molecule has 4 aromatic rings. The van der Waals surface area contributed by atoms with Crippen LogP contribution in [0, 0.1) is 12.7 Å². The zero-order valence-electron chi connectivity index (χ0n) is 20.7. The number of nitrogens with one attached hydrogen (secondary N) is 1. The lowest BCUT2D eigenvalue weighted by Crippen LogP contribution is -2.30. The molecule has 8 nitrogen and oxygen atoms in total. The van der Waals surface area contributed by atoms with Crippen LogP contribution in [0.4, 0.5) is 16.0 Å². The molecule has 5 rings (SSSR count). The number of carbonyl (C=O) groups is 1. The van der Waals surface area contributed by atoms with Gasteiger partial charge in [-0.1, -0.05) is 23.7 Å². The summed E-state index contributed by atoms with van der Waals surface area (Å²) in [7, 11) is 1.68. The van der Waals surface area contributed by atoms with E-state index >= 15 is 0 Å². The summed E-state index contributed by atoms with van der Waals surface area (Å²) in [6.45, 7) is 6.18. The van der Waals surface area contributed by atoms with E-state index in [4.69, 9.17) is 16.6 Å². The Morgan fingerprint density at radius 1 is 1.22 bits per heavy atom. The summed E-state index contributed by atoms with van der Waals surface area (Å²) in [6.07, 6.45) is 0. The minimum absolute atomic E-state index is 0.0759. The van der Waals surface area contributed by atoms with Crippen molar-refractivity contribution in [3.63, 3.8) is 0 Å². The minimum atomic E-state index is -1.21. The number of halogens is 2. The Labute approximate surface area is 217 Å². The third-order valence-corrected chi connectivity index (χ3v) is 7.06. The zero-order chi connectivity index (χ0) is 26.6. The van der Waals surface area contributed by atoms with Crippen LogP contribution in [0.1, 0.15) is 58.7 Å². The first kappa shape index (κ1) is 24.7. The minimum Gasteiger partial charge on any atom is -0.476 e. The number of carboxylic acid groups (broad SMARTS) is 1. The molecule has 190 valence electrons. The summed E-state index contributed by atoms with van der Waals surface area (Å²) in [4.78, 5) is 36.1. The number of pyridine rings is 1. The molecule has 2 N–H and O–H groups in total. The first-order valence-corrected chi connectivity index (χ1v) is 12.2. The van der Waals surface area contributed by atoms with Crippen LogP contribution < -0.4 is 15.8 Å². The van der Waals surface area contributed by atoms with Gasteiger partial charge in [0.25, 0.3) is 5.56 Å². The second-order valence-corrected chi connectivity index (χ2v) is 9.76. The van der Waals surface area contributed by atoms with Crippen LogP contribution >= 0.6 is 11.6 Å². The van der Waals surface area contributed by atoms with Gasteiger partial charge in [0, 0.05) is 19.2 Å². The maximum absolute atomic E-state index is 13.9. The highest BCUT2D eigenvalue weighted by Gasteiger charge is 2.30. The first-order valence-electron chi connectivity index (χ1n) is 11.8. The summed E-state index contributed by atoms with van der Waals surface area (Å²) in [5.74, 6) is -1.04. The lowest BCUT2D eigenvalue weighted by molar-refractivity contribution is 0.0691. The second kappa shape index (κ2) is 9.15. The number of benzene rings is 2.